The van der Waals surface area contributed by atoms with Gasteiger partial charge in [0.25, 0.3) is 5.91 Å². The average molecular weight is 368 g/mol. The van der Waals surface area contributed by atoms with Gasteiger partial charge in [-0.1, -0.05) is 30.3 Å². The van der Waals surface area contributed by atoms with Crippen molar-refractivity contribution in [3.05, 3.63) is 54.6 Å². The molecule has 1 heterocycles. The predicted octanol–water partition coefficient (Wildman–Crippen LogP) is 2.38. The maximum absolute atomic E-state index is 12.6. The number of aromatic nitrogens is 2. The van der Waals surface area contributed by atoms with Gasteiger partial charge in [0.2, 0.25) is 5.95 Å². The number of nitrogens with one attached hydrogen (secondary N) is 2. The molecule has 3 rings (SSSR count). The first-order valence-electron chi connectivity index (χ1n) is 7.93. The molecule has 1 aromatic heterocycles. The van der Waals surface area contributed by atoms with Gasteiger partial charge in [-0.3, -0.25) is 15.4 Å². The van der Waals surface area contributed by atoms with Crippen molar-refractivity contribution in [2.45, 2.75) is 0 Å². The van der Waals surface area contributed by atoms with Crippen LogP contribution in [0.1, 0.15) is 0 Å². The number of rotatable bonds is 4. The van der Waals surface area contributed by atoms with E-state index in [1.54, 1.807) is 48.5 Å². The summed E-state index contributed by atoms with van der Waals surface area (Å²) >= 11 is 0. The van der Waals surface area contributed by atoms with Gasteiger partial charge in [-0.2, -0.15) is 0 Å². The lowest BCUT2D eigenvalue weighted by molar-refractivity contribution is -0.121. The minimum atomic E-state index is -0.793. The van der Waals surface area contributed by atoms with Gasteiger partial charge in [0.1, 0.15) is 5.75 Å². The second-order valence-electron chi connectivity index (χ2n) is 5.33. The van der Waals surface area contributed by atoms with E-state index in [0.29, 0.717) is 16.8 Å². The van der Waals surface area contributed by atoms with Gasteiger partial charge >= 0.3 is 12.1 Å². The summed E-state index contributed by atoms with van der Waals surface area (Å²) in [5, 5.41) is 4.55. The molecule has 3 amide bonds. The molecular weight excluding hydrogens is 352 g/mol. The standard InChI is InChI=1S/C18H16N4O5/c1-26-18(25)21-16-19-13-9-5-6-10-14(13)22(16)17(24)20-15(23)11-27-12-7-3-2-4-8-12/h2-10H,11H2,1H3,(H,19,21,25)(H,20,23,24). The second kappa shape index (κ2) is 8.00. The predicted molar refractivity (Wildman–Crippen MR) is 96.6 cm³/mol. The molecule has 9 nitrogen and oxygen atoms in total. The van der Waals surface area contributed by atoms with E-state index >= 15 is 0 Å². The number of hydrogen-bond donors (Lipinski definition) is 2. The third-order valence-corrected chi connectivity index (χ3v) is 3.52. The Morgan fingerprint density at radius 2 is 1.74 bits per heavy atom. The summed E-state index contributed by atoms with van der Waals surface area (Å²) in [4.78, 5) is 40.3. The summed E-state index contributed by atoms with van der Waals surface area (Å²) in [6.45, 7) is -0.345. The fourth-order valence-corrected chi connectivity index (χ4v) is 2.33. The quantitative estimate of drug-likeness (QED) is 0.731. The molecule has 2 aromatic carbocycles. The van der Waals surface area contributed by atoms with Crippen molar-refractivity contribution in [3.63, 3.8) is 0 Å². The van der Waals surface area contributed by atoms with E-state index in [9.17, 15) is 14.4 Å². The van der Waals surface area contributed by atoms with Crippen molar-refractivity contribution in [2.24, 2.45) is 0 Å². The number of imide groups is 1. The summed E-state index contributed by atoms with van der Waals surface area (Å²) in [7, 11) is 1.19. The van der Waals surface area contributed by atoms with Crippen LogP contribution in [0, 0.1) is 0 Å². The molecule has 27 heavy (non-hydrogen) atoms. The number of methoxy groups -OCH3 is 1. The van der Waals surface area contributed by atoms with Gasteiger partial charge in [-0.05, 0) is 24.3 Å². The van der Waals surface area contributed by atoms with Gasteiger partial charge in [-0.15, -0.1) is 0 Å². The van der Waals surface area contributed by atoms with E-state index in [1.165, 1.54) is 7.11 Å². The number of para-hydroxylation sites is 3. The van der Waals surface area contributed by atoms with Gasteiger partial charge in [-0.25, -0.2) is 19.1 Å². The molecule has 3 aromatic rings. The Balaban J connectivity index is 1.76. The van der Waals surface area contributed by atoms with Crippen LogP contribution in [-0.4, -0.2) is 41.3 Å². The smallest absolute Gasteiger partial charge is 0.413 e. The van der Waals surface area contributed by atoms with Gasteiger partial charge in [0.05, 0.1) is 18.1 Å². The zero-order chi connectivity index (χ0) is 19.2. The number of fused-ring (bicyclic) bond motifs is 1. The maximum Gasteiger partial charge on any atom is 0.413 e. The average Bonchev–Trinajstić information content (AvgIpc) is 3.04. The van der Waals surface area contributed by atoms with E-state index < -0.39 is 18.0 Å². The number of hydrogen-bond acceptors (Lipinski definition) is 6. The highest BCUT2D eigenvalue weighted by Crippen LogP contribution is 2.19. The van der Waals surface area contributed by atoms with E-state index in [4.69, 9.17) is 4.74 Å². The Labute approximate surface area is 153 Å². The highest BCUT2D eigenvalue weighted by atomic mass is 16.5. The van der Waals surface area contributed by atoms with Crippen molar-refractivity contribution >= 4 is 35.0 Å². The molecule has 0 aliphatic heterocycles. The highest BCUT2D eigenvalue weighted by Gasteiger charge is 2.20. The van der Waals surface area contributed by atoms with Crippen LogP contribution in [0.5, 0.6) is 5.75 Å². The van der Waals surface area contributed by atoms with E-state index in [2.05, 4.69) is 20.4 Å². The van der Waals surface area contributed by atoms with Gasteiger partial charge in [0, 0.05) is 0 Å². The topological polar surface area (TPSA) is 112 Å². The van der Waals surface area contributed by atoms with E-state index in [0.717, 1.165) is 4.57 Å². The molecule has 0 bridgehead atoms. The monoisotopic (exact) mass is 368 g/mol. The Hall–Kier alpha value is -3.88. The van der Waals surface area contributed by atoms with Crippen molar-refractivity contribution in [3.8, 4) is 5.75 Å². The summed E-state index contributed by atoms with van der Waals surface area (Å²) in [6, 6.07) is 14.7. The van der Waals surface area contributed by atoms with Crippen LogP contribution in [-0.2, 0) is 9.53 Å². The minimum Gasteiger partial charge on any atom is -0.484 e. The van der Waals surface area contributed by atoms with Crippen molar-refractivity contribution in [2.75, 3.05) is 19.0 Å². The molecule has 0 spiro atoms. The lowest BCUT2D eigenvalue weighted by atomic mass is 10.3. The van der Waals surface area contributed by atoms with Crippen LogP contribution < -0.4 is 15.4 Å². The van der Waals surface area contributed by atoms with Crippen molar-refractivity contribution in [1.82, 2.24) is 14.9 Å². The lowest BCUT2D eigenvalue weighted by Gasteiger charge is -2.10. The number of nitrogens with zero attached hydrogens (tertiary/aromatic N) is 2. The first-order chi connectivity index (χ1) is 13.1. The van der Waals surface area contributed by atoms with Crippen LogP contribution in [0.25, 0.3) is 11.0 Å². The molecule has 0 saturated heterocycles. The molecule has 0 saturated carbocycles. The van der Waals surface area contributed by atoms with E-state index in [1.807, 2.05) is 6.07 Å². The largest absolute Gasteiger partial charge is 0.484 e. The fraction of sp³-hybridized carbons (Fsp3) is 0.111. The molecule has 2 N–H and O–H groups in total. The molecular formula is C18H16N4O5. The van der Waals surface area contributed by atoms with Crippen LogP contribution in [0.15, 0.2) is 54.6 Å². The zero-order valence-electron chi connectivity index (χ0n) is 14.3. The molecule has 0 unspecified atom stereocenters. The summed E-state index contributed by atoms with van der Waals surface area (Å²) in [5.74, 6) is -0.218. The molecule has 0 aliphatic carbocycles. The number of benzene rings is 2. The van der Waals surface area contributed by atoms with Crippen LogP contribution >= 0.6 is 0 Å². The molecule has 0 aliphatic rings. The Bertz CT molecular complexity index is 984. The molecule has 0 radical (unpaired) electrons. The highest BCUT2D eigenvalue weighted by molar-refractivity contribution is 6.02. The van der Waals surface area contributed by atoms with Crippen LogP contribution in [0.4, 0.5) is 15.5 Å². The summed E-state index contributed by atoms with van der Waals surface area (Å²) < 4.78 is 10.9. The zero-order valence-corrected chi connectivity index (χ0v) is 14.3. The summed E-state index contributed by atoms with van der Waals surface area (Å²) in [5.41, 5.74) is 0.880. The van der Waals surface area contributed by atoms with Crippen molar-refractivity contribution in [1.29, 1.82) is 0 Å². The Kier molecular flexibility index (Phi) is 5.31. The number of anilines is 1. The van der Waals surface area contributed by atoms with Crippen LogP contribution in [0.3, 0.4) is 0 Å². The van der Waals surface area contributed by atoms with Gasteiger partial charge < -0.3 is 9.47 Å². The maximum atomic E-state index is 12.6. The van der Waals surface area contributed by atoms with E-state index in [-0.39, 0.29) is 12.6 Å². The lowest BCUT2D eigenvalue weighted by Crippen LogP contribution is -2.38. The van der Waals surface area contributed by atoms with Crippen LogP contribution in [0.2, 0.25) is 0 Å². The van der Waals surface area contributed by atoms with Crippen molar-refractivity contribution < 1.29 is 23.9 Å². The third-order valence-electron chi connectivity index (χ3n) is 3.52. The second-order valence-corrected chi connectivity index (χ2v) is 5.33. The Morgan fingerprint density at radius 3 is 2.48 bits per heavy atom. The number of amides is 3. The Morgan fingerprint density at radius 1 is 1.04 bits per heavy atom. The number of carbonyl (C=O) groups is 3. The normalized spacial score (nSPS) is 10.3. The number of imidazole rings is 1. The summed E-state index contributed by atoms with van der Waals surface area (Å²) in [6.07, 6.45) is -0.793. The fourth-order valence-electron chi connectivity index (χ4n) is 2.33. The minimum absolute atomic E-state index is 0.0719. The molecule has 138 valence electrons. The molecule has 0 fully saturated rings. The molecule has 0 atom stereocenters. The molecule has 9 heteroatoms. The first-order valence-corrected chi connectivity index (χ1v) is 7.93. The van der Waals surface area contributed by atoms with Gasteiger partial charge in [0.15, 0.2) is 6.61 Å². The number of carbonyl (C=O) groups excluding carboxylic acids is 3. The SMILES string of the molecule is COC(=O)Nc1nc2ccccc2n1C(=O)NC(=O)COc1ccccc1. The third kappa shape index (κ3) is 4.21. The number of ether oxygens (including phenoxy) is 2. The first kappa shape index (κ1) is 17.9.